The van der Waals surface area contributed by atoms with E-state index in [9.17, 15) is 13.2 Å². The van der Waals surface area contributed by atoms with E-state index in [4.69, 9.17) is 11.6 Å². The standard InChI is InChI=1S/C17H15ClN2O3S/c1-20-9-8-12-14(4-3-5-15(12)20)19-17(21)11-6-7-13(18)16(10-11)24(2,22)23/h3-10H,1-2H3,(H,19,21). The van der Waals surface area contributed by atoms with Gasteiger partial charge in [0, 0.05) is 36.0 Å². The molecule has 0 bridgehead atoms. The van der Waals surface area contributed by atoms with Gasteiger partial charge in [0.15, 0.2) is 9.84 Å². The molecule has 0 saturated carbocycles. The number of aryl methyl sites for hydroxylation is 1. The Morgan fingerprint density at radius 2 is 1.92 bits per heavy atom. The van der Waals surface area contributed by atoms with Gasteiger partial charge in [-0.05, 0) is 36.4 Å². The molecular formula is C17H15ClN2O3S. The number of benzene rings is 2. The van der Waals surface area contributed by atoms with Crippen LogP contribution in [0.3, 0.4) is 0 Å². The topological polar surface area (TPSA) is 68.2 Å². The molecule has 3 aromatic rings. The summed E-state index contributed by atoms with van der Waals surface area (Å²) in [5.74, 6) is -0.395. The fourth-order valence-electron chi connectivity index (χ4n) is 2.53. The van der Waals surface area contributed by atoms with Crippen LogP contribution in [0.15, 0.2) is 53.6 Å². The lowest BCUT2D eigenvalue weighted by Gasteiger charge is -2.09. The monoisotopic (exact) mass is 362 g/mol. The van der Waals surface area contributed by atoms with E-state index in [1.54, 1.807) is 6.07 Å². The molecule has 1 N–H and O–H groups in total. The SMILES string of the molecule is Cn1ccc2c(NC(=O)c3ccc(Cl)c(S(C)(=O)=O)c3)cccc21. The van der Waals surface area contributed by atoms with Gasteiger partial charge in [-0.25, -0.2) is 8.42 Å². The van der Waals surface area contributed by atoms with Crippen molar-refractivity contribution < 1.29 is 13.2 Å². The van der Waals surface area contributed by atoms with Gasteiger partial charge in [0.1, 0.15) is 0 Å². The van der Waals surface area contributed by atoms with Crippen LogP contribution in [0.5, 0.6) is 0 Å². The largest absolute Gasteiger partial charge is 0.350 e. The maximum atomic E-state index is 12.5. The number of amides is 1. The average molecular weight is 363 g/mol. The maximum Gasteiger partial charge on any atom is 0.255 e. The molecule has 2 aromatic carbocycles. The van der Waals surface area contributed by atoms with Crippen molar-refractivity contribution >= 4 is 43.9 Å². The summed E-state index contributed by atoms with van der Waals surface area (Å²) in [6.07, 6.45) is 2.96. The molecule has 5 nitrogen and oxygen atoms in total. The summed E-state index contributed by atoms with van der Waals surface area (Å²) >= 11 is 5.91. The minimum absolute atomic E-state index is 0.0604. The highest BCUT2D eigenvalue weighted by molar-refractivity contribution is 7.90. The van der Waals surface area contributed by atoms with E-state index in [-0.39, 0.29) is 15.5 Å². The number of carbonyl (C=O) groups is 1. The third kappa shape index (κ3) is 3.02. The van der Waals surface area contributed by atoms with Gasteiger partial charge >= 0.3 is 0 Å². The number of fused-ring (bicyclic) bond motifs is 1. The Kier molecular flexibility index (Phi) is 4.11. The van der Waals surface area contributed by atoms with Crippen molar-refractivity contribution in [2.24, 2.45) is 7.05 Å². The predicted molar refractivity (Wildman–Crippen MR) is 95.4 cm³/mol. The number of hydrogen-bond donors (Lipinski definition) is 1. The van der Waals surface area contributed by atoms with Crippen LogP contribution >= 0.6 is 11.6 Å². The van der Waals surface area contributed by atoms with Crippen LogP contribution in [0.1, 0.15) is 10.4 Å². The zero-order valence-corrected chi connectivity index (χ0v) is 14.6. The van der Waals surface area contributed by atoms with Crippen molar-refractivity contribution in [1.82, 2.24) is 4.57 Å². The summed E-state index contributed by atoms with van der Waals surface area (Å²) in [6, 6.07) is 11.7. The Hall–Kier alpha value is -2.31. The summed E-state index contributed by atoms with van der Waals surface area (Å²) in [6.45, 7) is 0. The first-order valence-corrected chi connectivity index (χ1v) is 9.39. The third-order valence-electron chi connectivity index (χ3n) is 3.77. The summed E-state index contributed by atoms with van der Waals surface area (Å²) in [5, 5.41) is 3.83. The van der Waals surface area contributed by atoms with Crippen molar-refractivity contribution in [3.8, 4) is 0 Å². The maximum absolute atomic E-state index is 12.5. The molecule has 24 heavy (non-hydrogen) atoms. The second-order valence-electron chi connectivity index (χ2n) is 5.54. The molecule has 1 aromatic heterocycles. The Morgan fingerprint density at radius 3 is 2.62 bits per heavy atom. The van der Waals surface area contributed by atoms with Crippen LogP contribution in [0, 0.1) is 0 Å². The molecule has 0 aliphatic heterocycles. The van der Waals surface area contributed by atoms with Gasteiger partial charge in [0.2, 0.25) is 0 Å². The molecule has 0 unspecified atom stereocenters. The lowest BCUT2D eigenvalue weighted by Crippen LogP contribution is -2.13. The Labute approximate surface area is 144 Å². The number of aromatic nitrogens is 1. The van der Waals surface area contributed by atoms with Gasteiger partial charge in [-0.2, -0.15) is 0 Å². The summed E-state index contributed by atoms with van der Waals surface area (Å²) in [5.41, 5.74) is 1.88. The van der Waals surface area contributed by atoms with Crippen LogP contribution in [-0.2, 0) is 16.9 Å². The van der Waals surface area contributed by atoms with Crippen LogP contribution in [-0.4, -0.2) is 25.1 Å². The summed E-state index contributed by atoms with van der Waals surface area (Å²) < 4.78 is 25.4. The minimum Gasteiger partial charge on any atom is -0.350 e. The number of rotatable bonds is 3. The second kappa shape index (κ2) is 5.96. The molecular weight excluding hydrogens is 348 g/mol. The van der Waals surface area contributed by atoms with E-state index in [1.807, 2.05) is 36.0 Å². The average Bonchev–Trinajstić information content (AvgIpc) is 2.89. The quantitative estimate of drug-likeness (QED) is 0.775. The number of carbonyl (C=O) groups excluding carboxylic acids is 1. The smallest absolute Gasteiger partial charge is 0.255 e. The highest BCUT2D eigenvalue weighted by atomic mass is 35.5. The zero-order valence-electron chi connectivity index (χ0n) is 13.1. The van der Waals surface area contributed by atoms with Gasteiger partial charge < -0.3 is 9.88 Å². The molecule has 1 heterocycles. The van der Waals surface area contributed by atoms with Crippen LogP contribution in [0.4, 0.5) is 5.69 Å². The molecule has 1 amide bonds. The Balaban J connectivity index is 1.98. The van der Waals surface area contributed by atoms with Crippen molar-refractivity contribution in [3.05, 3.63) is 59.2 Å². The summed E-state index contributed by atoms with van der Waals surface area (Å²) in [4.78, 5) is 12.4. The van der Waals surface area contributed by atoms with Crippen molar-refractivity contribution in [1.29, 1.82) is 0 Å². The number of sulfone groups is 1. The van der Waals surface area contributed by atoms with E-state index >= 15 is 0 Å². The number of halogens is 1. The first-order valence-electron chi connectivity index (χ1n) is 7.12. The zero-order chi connectivity index (χ0) is 17.5. The van der Waals surface area contributed by atoms with E-state index in [0.29, 0.717) is 5.69 Å². The lowest BCUT2D eigenvalue weighted by atomic mass is 10.2. The number of nitrogens with one attached hydrogen (secondary N) is 1. The molecule has 0 spiro atoms. The minimum atomic E-state index is -3.51. The molecule has 0 fully saturated rings. The van der Waals surface area contributed by atoms with E-state index in [2.05, 4.69) is 5.32 Å². The number of anilines is 1. The van der Waals surface area contributed by atoms with Crippen molar-refractivity contribution in [2.75, 3.05) is 11.6 Å². The van der Waals surface area contributed by atoms with Gasteiger partial charge in [0.25, 0.3) is 5.91 Å². The van der Waals surface area contributed by atoms with Crippen molar-refractivity contribution in [2.45, 2.75) is 4.90 Å². The molecule has 7 heteroatoms. The van der Waals surface area contributed by atoms with Gasteiger partial charge in [0.05, 0.1) is 15.6 Å². The van der Waals surface area contributed by atoms with Gasteiger partial charge in [-0.3, -0.25) is 4.79 Å². The highest BCUT2D eigenvalue weighted by Gasteiger charge is 2.16. The second-order valence-corrected chi connectivity index (χ2v) is 7.93. The third-order valence-corrected chi connectivity index (χ3v) is 5.35. The molecule has 0 saturated heterocycles. The molecule has 0 radical (unpaired) electrons. The normalized spacial score (nSPS) is 11.6. The fraction of sp³-hybridized carbons (Fsp3) is 0.118. The van der Waals surface area contributed by atoms with Crippen LogP contribution < -0.4 is 5.32 Å². The highest BCUT2D eigenvalue weighted by Crippen LogP contribution is 2.26. The molecule has 0 aliphatic rings. The van der Waals surface area contributed by atoms with Gasteiger partial charge in [-0.15, -0.1) is 0 Å². The van der Waals surface area contributed by atoms with Crippen LogP contribution in [0.25, 0.3) is 10.9 Å². The number of hydrogen-bond acceptors (Lipinski definition) is 3. The van der Waals surface area contributed by atoms with Crippen LogP contribution in [0.2, 0.25) is 5.02 Å². The first kappa shape index (κ1) is 16.5. The molecule has 124 valence electrons. The summed E-state index contributed by atoms with van der Waals surface area (Å²) in [7, 11) is -1.59. The van der Waals surface area contributed by atoms with Crippen molar-refractivity contribution in [3.63, 3.8) is 0 Å². The van der Waals surface area contributed by atoms with Gasteiger partial charge in [-0.1, -0.05) is 17.7 Å². The molecule has 0 aliphatic carbocycles. The number of nitrogens with zero attached hydrogens (tertiary/aromatic N) is 1. The Bertz CT molecular complexity index is 1050. The predicted octanol–water partition coefficient (Wildman–Crippen LogP) is 3.49. The van der Waals surface area contributed by atoms with E-state index < -0.39 is 15.7 Å². The Morgan fingerprint density at radius 1 is 1.17 bits per heavy atom. The fourth-order valence-corrected chi connectivity index (χ4v) is 3.84. The first-order chi connectivity index (χ1) is 11.3. The van der Waals surface area contributed by atoms with E-state index in [0.717, 1.165) is 17.2 Å². The van der Waals surface area contributed by atoms with E-state index in [1.165, 1.54) is 18.2 Å². The molecule has 0 atom stereocenters. The molecule has 3 rings (SSSR count). The lowest BCUT2D eigenvalue weighted by molar-refractivity contribution is 0.102.